The Hall–Kier alpha value is -2.20. The van der Waals surface area contributed by atoms with Crippen LogP contribution in [-0.2, 0) is 6.54 Å². The van der Waals surface area contributed by atoms with Crippen molar-refractivity contribution in [1.82, 2.24) is 4.98 Å². The normalized spacial score (nSPS) is 10.1. The Labute approximate surface area is 106 Å². The van der Waals surface area contributed by atoms with E-state index < -0.39 is 0 Å². The van der Waals surface area contributed by atoms with Crippen LogP contribution in [0.25, 0.3) is 0 Å². The fourth-order valence-electron chi connectivity index (χ4n) is 1.69. The van der Waals surface area contributed by atoms with E-state index in [1.54, 1.807) is 30.3 Å². The van der Waals surface area contributed by atoms with Gasteiger partial charge in [0, 0.05) is 31.0 Å². The van der Waals surface area contributed by atoms with E-state index in [9.17, 15) is 4.79 Å². The van der Waals surface area contributed by atoms with Crippen molar-refractivity contribution < 1.29 is 4.79 Å². The highest BCUT2D eigenvalue weighted by Gasteiger charge is 2.13. The van der Waals surface area contributed by atoms with Crippen molar-refractivity contribution in [2.75, 3.05) is 11.9 Å². The number of aromatic nitrogens is 1. The van der Waals surface area contributed by atoms with Crippen LogP contribution in [0.15, 0.2) is 48.7 Å². The van der Waals surface area contributed by atoms with E-state index in [0.29, 0.717) is 17.8 Å². The fraction of sp³-hybridized carbons (Fsp3) is 0.143. The molecule has 2 aromatic rings. The highest BCUT2D eigenvalue weighted by atomic mass is 16.2. The Bertz CT molecular complexity index is 540. The number of pyridine rings is 1. The van der Waals surface area contributed by atoms with Crippen molar-refractivity contribution in [3.63, 3.8) is 0 Å². The molecule has 1 heterocycles. The highest BCUT2D eigenvalue weighted by molar-refractivity contribution is 6.05. The minimum atomic E-state index is -0.0710. The van der Waals surface area contributed by atoms with E-state index in [4.69, 9.17) is 5.73 Å². The lowest BCUT2D eigenvalue weighted by Crippen LogP contribution is -2.26. The summed E-state index contributed by atoms with van der Waals surface area (Å²) in [6.45, 7) is 0.330. The van der Waals surface area contributed by atoms with E-state index in [2.05, 4.69) is 4.98 Å². The highest BCUT2D eigenvalue weighted by Crippen LogP contribution is 2.14. The molecule has 4 nitrogen and oxygen atoms in total. The molecule has 18 heavy (non-hydrogen) atoms. The van der Waals surface area contributed by atoms with Gasteiger partial charge in [0.15, 0.2) is 0 Å². The van der Waals surface area contributed by atoms with Crippen LogP contribution in [-0.4, -0.2) is 17.9 Å². The van der Waals surface area contributed by atoms with Crippen LogP contribution >= 0.6 is 0 Å². The van der Waals surface area contributed by atoms with Gasteiger partial charge in [0.25, 0.3) is 5.91 Å². The molecule has 0 aliphatic rings. The molecule has 0 saturated carbocycles. The van der Waals surface area contributed by atoms with E-state index in [1.165, 1.54) is 0 Å². The second-order valence-corrected chi connectivity index (χ2v) is 3.94. The number of para-hydroxylation sites is 1. The van der Waals surface area contributed by atoms with E-state index in [-0.39, 0.29) is 5.91 Å². The van der Waals surface area contributed by atoms with Gasteiger partial charge in [0.1, 0.15) is 0 Å². The maximum absolute atomic E-state index is 12.3. The zero-order valence-electron chi connectivity index (χ0n) is 10.2. The first-order valence-corrected chi connectivity index (χ1v) is 5.70. The Morgan fingerprint density at radius 2 is 2.00 bits per heavy atom. The summed E-state index contributed by atoms with van der Waals surface area (Å²) in [5, 5.41) is 0. The lowest BCUT2D eigenvalue weighted by molar-refractivity contribution is 0.0993. The molecule has 0 aliphatic heterocycles. The number of nitrogens with zero attached hydrogens (tertiary/aromatic N) is 2. The van der Waals surface area contributed by atoms with E-state index >= 15 is 0 Å². The van der Waals surface area contributed by atoms with Gasteiger partial charge >= 0.3 is 0 Å². The van der Waals surface area contributed by atoms with Crippen LogP contribution in [0.3, 0.4) is 0 Å². The number of carbonyl (C=O) groups excluding carboxylic acids is 1. The zero-order valence-corrected chi connectivity index (χ0v) is 10.2. The first-order chi connectivity index (χ1) is 8.72. The minimum absolute atomic E-state index is 0.0710. The first-order valence-electron chi connectivity index (χ1n) is 5.70. The average molecular weight is 241 g/mol. The molecule has 0 spiro atoms. The van der Waals surface area contributed by atoms with Crippen LogP contribution in [0.4, 0.5) is 5.69 Å². The largest absolute Gasteiger partial charge is 0.325 e. The van der Waals surface area contributed by atoms with Gasteiger partial charge in [-0.15, -0.1) is 0 Å². The predicted octanol–water partition coefficient (Wildman–Crippen LogP) is 1.82. The summed E-state index contributed by atoms with van der Waals surface area (Å²) in [5.41, 5.74) is 7.68. The fourth-order valence-corrected chi connectivity index (χ4v) is 1.69. The molecule has 0 atom stereocenters. The van der Waals surface area contributed by atoms with Gasteiger partial charge in [-0.2, -0.15) is 0 Å². The summed E-state index contributed by atoms with van der Waals surface area (Å²) in [5.74, 6) is -0.0710. The molecule has 0 unspecified atom stereocenters. The summed E-state index contributed by atoms with van der Waals surface area (Å²) in [6.07, 6.45) is 1.61. The van der Waals surface area contributed by atoms with Gasteiger partial charge in [-0.3, -0.25) is 9.78 Å². The monoisotopic (exact) mass is 241 g/mol. The van der Waals surface area contributed by atoms with Gasteiger partial charge < -0.3 is 10.6 Å². The number of anilines is 1. The quantitative estimate of drug-likeness (QED) is 0.891. The predicted molar refractivity (Wildman–Crippen MR) is 71.3 cm³/mol. The number of hydrogen-bond acceptors (Lipinski definition) is 3. The summed E-state index contributed by atoms with van der Waals surface area (Å²) in [7, 11) is 1.75. The molecule has 2 rings (SSSR count). The van der Waals surface area contributed by atoms with Crippen molar-refractivity contribution in [3.8, 4) is 0 Å². The van der Waals surface area contributed by atoms with Gasteiger partial charge in [-0.05, 0) is 24.3 Å². The number of nitrogens with two attached hydrogens (primary N) is 1. The molecule has 1 amide bonds. The second-order valence-electron chi connectivity index (χ2n) is 3.94. The maximum Gasteiger partial charge on any atom is 0.258 e. The van der Waals surface area contributed by atoms with Crippen molar-refractivity contribution >= 4 is 11.6 Å². The lowest BCUT2D eigenvalue weighted by atomic mass is 10.2. The summed E-state index contributed by atoms with van der Waals surface area (Å²) in [4.78, 5) is 18.0. The molecule has 0 aliphatic carbocycles. The van der Waals surface area contributed by atoms with Crippen LogP contribution in [0, 0.1) is 0 Å². The Morgan fingerprint density at radius 3 is 2.67 bits per heavy atom. The number of benzene rings is 1. The first kappa shape index (κ1) is 12.3. The summed E-state index contributed by atoms with van der Waals surface area (Å²) in [6, 6.07) is 12.9. The third kappa shape index (κ3) is 2.55. The smallest absolute Gasteiger partial charge is 0.258 e. The van der Waals surface area contributed by atoms with Gasteiger partial charge in [0.05, 0.1) is 5.69 Å². The van der Waals surface area contributed by atoms with Crippen molar-refractivity contribution in [3.05, 3.63) is 59.9 Å². The molecule has 4 heteroatoms. The molecule has 1 aromatic carbocycles. The van der Waals surface area contributed by atoms with Gasteiger partial charge in [-0.25, -0.2) is 0 Å². The van der Waals surface area contributed by atoms with Crippen molar-refractivity contribution in [1.29, 1.82) is 0 Å². The van der Waals surface area contributed by atoms with Crippen LogP contribution in [0.2, 0.25) is 0 Å². The second kappa shape index (κ2) is 5.42. The maximum atomic E-state index is 12.3. The lowest BCUT2D eigenvalue weighted by Gasteiger charge is -2.17. The molecule has 0 saturated heterocycles. The average Bonchev–Trinajstić information content (AvgIpc) is 2.46. The SMILES string of the molecule is CN(C(=O)c1ccnc(CN)c1)c1ccccc1. The topological polar surface area (TPSA) is 59.2 Å². The third-order valence-corrected chi connectivity index (χ3v) is 2.72. The third-order valence-electron chi connectivity index (χ3n) is 2.72. The molecule has 0 radical (unpaired) electrons. The molecule has 1 aromatic heterocycles. The van der Waals surface area contributed by atoms with Crippen LogP contribution in [0.5, 0.6) is 0 Å². The Kier molecular flexibility index (Phi) is 3.69. The number of rotatable bonds is 3. The minimum Gasteiger partial charge on any atom is -0.325 e. The summed E-state index contributed by atoms with van der Waals surface area (Å²) >= 11 is 0. The van der Waals surface area contributed by atoms with Crippen molar-refractivity contribution in [2.45, 2.75) is 6.54 Å². The molecule has 0 fully saturated rings. The van der Waals surface area contributed by atoms with E-state index in [0.717, 1.165) is 5.69 Å². The van der Waals surface area contributed by atoms with Crippen LogP contribution < -0.4 is 10.6 Å². The van der Waals surface area contributed by atoms with Gasteiger partial charge in [0.2, 0.25) is 0 Å². The molecular formula is C14H15N3O. The molecular weight excluding hydrogens is 226 g/mol. The number of carbonyl (C=O) groups is 1. The zero-order chi connectivity index (χ0) is 13.0. The van der Waals surface area contributed by atoms with E-state index in [1.807, 2.05) is 30.3 Å². The summed E-state index contributed by atoms with van der Waals surface area (Å²) < 4.78 is 0. The Balaban J connectivity index is 2.25. The number of amides is 1. The Morgan fingerprint density at radius 1 is 1.28 bits per heavy atom. The van der Waals surface area contributed by atoms with Crippen LogP contribution in [0.1, 0.15) is 16.1 Å². The molecule has 2 N–H and O–H groups in total. The number of hydrogen-bond donors (Lipinski definition) is 1. The molecule has 0 bridgehead atoms. The van der Waals surface area contributed by atoms with Gasteiger partial charge in [-0.1, -0.05) is 18.2 Å². The molecule has 92 valence electrons. The standard InChI is InChI=1S/C14H15N3O/c1-17(13-5-3-2-4-6-13)14(18)11-7-8-16-12(9-11)10-15/h2-9H,10,15H2,1H3. The van der Waals surface area contributed by atoms with Crippen molar-refractivity contribution in [2.24, 2.45) is 5.73 Å².